The summed E-state index contributed by atoms with van der Waals surface area (Å²) in [6.45, 7) is 12.5. The Kier molecular flexibility index (Phi) is 7.59. The van der Waals surface area contributed by atoms with Crippen molar-refractivity contribution in [3.8, 4) is 18.1 Å². The fourth-order valence-electron chi connectivity index (χ4n) is 6.98. The molecule has 36 heavy (non-hydrogen) atoms. The van der Waals surface area contributed by atoms with Crippen LogP contribution in [0.15, 0.2) is 47.1 Å². The lowest BCUT2D eigenvalue weighted by atomic mass is 9.53. The van der Waals surface area contributed by atoms with Gasteiger partial charge in [0.05, 0.1) is 12.2 Å². The van der Waals surface area contributed by atoms with Gasteiger partial charge in [-0.05, 0) is 125 Å². The van der Waals surface area contributed by atoms with E-state index in [4.69, 9.17) is 11.2 Å². The van der Waals surface area contributed by atoms with E-state index in [1.165, 1.54) is 16.7 Å². The van der Waals surface area contributed by atoms with Crippen LogP contribution in [0.25, 0.3) is 0 Å². The number of terminal acetylenes is 1. The Morgan fingerprint density at radius 2 is 1.75 bits per heavy atom. The van der Waals surface area contributed by atoms with Gasteiger partial charge in [-0.1, -0.05) is 24.6 Å². The lowest BCUT2D eigenvalue weighted by molar-refractivity contribution is -0.114. The molecule has 5 rings (SSSR count). The summed E-state index contributed by atoms with van der Waals surface area (Å²) < 4.78 is 5.87. The number of carbonyl (C=O) groups excluding carboxylic acids is 1. The summed E-state index contributed by atoms with van der Waals surface area (Å²) in [5, 5.41) is 11.0. The zero-order valence-electron chi connectivity index (χ0n) is 23.1. The molecule has 0 aromatic heterocycles. The number of allylic oxidation sites excluding steroid dienone is 4. The Labute approximate surface area is 218 Å². The number of hydrogen-bond donors (Lipinski definition) is 1. The SMILES string of the molecule is C#CC(C)(C)C.CC(C)Oc1ccc(C2CC3(C)C(O)CCC3C3CCC4=CC(=O)CCC4=C23)cc1. The molecule has 1 aromatic rings. The van der Waals surface area contributed by atoms with Gasteiger partial charge in [-0.25, -0.2) is 0 Å². The molecule has 4 aliphatic carbocycles. The van der Waals surface area contributed by atoms with Crippen molar-refractivity contribution in [2.75, 3.05) is 0 Å². The van der Waals surface area contributed by atoms with E-state index in [1.807, 2.05) is 26.8 Å². The molecule has 0 radical (unpaired) electrons. The maximum atomic E-state index is 12.1. The highest BCUT2D eigenvalue weighted by Crippen LogP contribution is 2.63. The van der Waals surface area contributed by atoms with Gasteiger partial charge in [-0.15, -0.1) is 12.3 Å². The van der Waals surface area contributed by atoms with E-state index in [0.29, 0.717) is 24.2 Å². The minimum atomic E-state index is -0.204. The Hall–Kier alpha value is -2.31. The van der Waals surface area contributed by atoms with Crippen LogP contribution in [0.2, 0.25) is 0 Å². The molecule has 0 heterocycles. The van der Waals surface area contributed by atoms with Gasteiger partial charge in [-0.2, -0.15) is 0 Å². The van der Waals surface area contributed by atoms with Crippen molar-refractivity contribution in [1.29, 1.82) is 0 Å². The fourth-order valence-corrected chi connectivity index (χ4v) is 6.98. The van der Waals surface area contributed by atoms with Crippen LogP contribution in [0.5, 0.6) is 5.75 Å². The predicted molar refractivity (Wildman–Crippen MR) is 147 cm³/mol. The molecule has 0 spiro atoms. The van der Waals surface area contributed by atoms with E-state index in [9.17, 15) is 9.90 Å². The van der Waals surface area contributed by atoms with E-state index in [2.05, 4.69) is 51.0 Å². The third-order valence-corrected chi connectivity index (χ3v) is 8.77. The standard InChI is InChI=1S/C27H34O3.C6H10/c1-16(2)30-20-8-4-17(5-9-20)23-15-27(3)24(12-13-25(27)29)22-10-6-18-14-19(28)7-11-21(18)26(22)23;1-5-6(2,3)4/h4-5,8-9,14,16,22-25,29H,6-7,10-13,15H2,1-3H3;1H,2-4H3. The van der Waals surface area contributed by atoms with Gasteiger partial charge in [0.1, 0.15) is 5.75 Å². The molecule has 0 aliphatic heterocycles. The minimum absolute atomic E-state index is 0.0157. The molecule has 0 amide bonds. The van der Waals surface area contributed by atoms with E-state index in [0.717, 1.165) is 44.3 Å². The van der Waals surface area contributed by atoms with Crippen LogP contribution in [0.1, 0.15) is 98.0 Å². The molecular formula is C33H44O3. The molecule has 5 unspecified atom stereocenters. The summed E-state index contributed by atoms with van der Waals surface area (Å²) in [6.07, 6.45) is 13.7. The first-order valence-corrected chi connectivity index (χ1v) is 13.8. The molecule has 3 heteroatoms. The van der Waals surface area contributed by atoms with Gasteiger partial charge < -0.3 is 9.84 Å². The van der Waals surface area contributed by atoms with Crippen molar-refractivity contribution in [2.24, 2.45) is 22.7 Å². The van der Waals surface area contributed by atoms with Crippen LogP contribution in [-0.2, 0) is 4.79 Å². The number of ketones is 1. The van der Waals surface area contributed by atoms with E-state index in [1.54, 1.807) is 5.57 Å². The summed E-state index contributed by atoms with van der Waals surface area (Å²) in [5.74, 6) is 5.23. The molecule has 3 nitrogen and oxygen atoms in total. The molecule has 2 fully saturated rings. The van der Waals surface area contributed by atoms with Gasteiger partial charge in [0.2, 0.25) is 0 Å². The maximum Gasteiger partial charge on any atom is 0.156 e. The quantitative estimate of drug-likeness (QED) is 0.451. The van der Waals surface area contributed by atoms with Crippen LogP contribution >= 0.6 is 0 Å². The van der Waals surface area contributed by atoms with Crippen molar-refractivity contribution >= 4 is 5.78 Å². The number of ether oxygens (including phenoxy) is 1. The summed E-state index contributed by atoms with van der Waals surface area (Å²) in [6, 6.07) is 8.64. The summed E-state index contributed by atoms with van der Waals surface area (Å²) >= 11 is 0. The normalized spacial score (nSPS) is 31.4. The zero-order valence-corrected chi connectivity index (χ0v) is 23.1. The lowest BCUT2D eigenvalue weighted by Gasteiger charge is -2.52. The predicted octanol–water partition coefficient (Wildman–Crippen LogP) is 7.40. The molecule has 4 aliphatic rings. The van der Waals surface area contributed by atoms with Crippen molar-refractivity contribution in [1.82, 2.24) is 0 Å². The first-order valence-electron chi connectivity index (χ1n) is 13.8. The van der Waals surface area contributed by atoms with Gasteiger partial charge in [0.25, 0.3) is 0 Å². The smallest absolute Gasteiger partial charge is 0.156 e. The van der Waals surface area contributed by atoms with Gasteiger partial charge >= 0.3 is 0 Å². The summed E-state index contributed by atoms with van der Waals surface area (Å²) in [7, 11) is 0. The third-order valence-electron chi connectivity index (χ3n) is 8.77. The first kappa shape index (κ1) is 26.7. The number of carbonyl (C=O) groups is 1. The van der Waals surface area contributed by atoms with E-state index < -0.39 is 0 Å². The average molecular weight is 489 g/mol. The van der Waals surface area contributed by atoms with Gasteiger partial charge in [-0.3, -0.25) is 4.79 Å². The van der Waals surface area contributed by atoms with Crippen LogP contribution in [-0.4, -0.2) is 23.1 Å². The second-order valence-corrected chi connectivity index (χ2v) is 12.8. The summed E-state index contributed by atoms with van der Waals surface area (Å²) in [4.78, 5) is 12.1. The number of fused-ring (bicyclic) bond motifs is 4. The van der Waals surface area contributed by atoms with Crippen molar-refractivity contribution in [3.63, 3.8) is 0 Å². The number of benzene rings is 1. The number of aliphatic hydroxyl groups is 1. The van der Waals surface area contributed by atoms with Crippen molar-refractivity contribution in [2.45, 2.75) is 105 Å². The largest absolute Gasteiger partial charge is 0.491 e. The van der Waals surface area contributed by atoms with Crippen LogP contribution in [0, 0.1) is 35.0 Å². The Balaban J connectivity index is 0.000000455. The van der Waals surface area contributed by atoms with Crippen molar-refractivity contribution < 1.29 is 14.6 Å². The molecule has 1 N–H and O–H groups in total. The molecule has 2 saturated carbocycles. The minimum Gasteiger partial charge on any atom is -0.491 e. The van der Waals surface area contributed by atoms with Crippen LogP contribution in [0.3, 0.4) is 0 Å². The highest BCUT2D eigenvalue weighted by atomic mass is 16.5. The van der Waals surface area contributed by atoms with E-state index >= 15 is 0 Å². The second kappa shape index (κ2) is 10.2. The third kappa shape index (κ3) is 5.35. The summed E-state index contributed by atoms with van der Waals surface area (Å²) in [5.41, 5.74) is 5.74. The Morgan fingerprint density at radius 3 is 2.36 bits per heavy atom. The highest BCUT2D eigenvalue weighted by molar-refractivity contribution is 5.93. The average Bonchev–Trinajstić information content (AvgIpc) is 3.12. The molecular weight excluding hydrogens is 444 g/mol. The topological polar surface area (TPSA) is 46.5 Å². The Morgan fingerprint density at radius 1 is 1.08 bits per heavy atom. The first-order chi connectivity index (χ1) is 16.9. The van der Waals surface area contributed by atoms with Gasteiger partial charge in [0, 0.05) is 17.8 Å². The van der Waals surface area contributed by atoms with Crippen molar-refractivity contribution in [3.05, 3.63) is 52.6 Å². The lowest BCUT2D eigenvalue weighted by Crippen LogP contribution is -2.45. The second-order valence-electron chi connectivity index (χ2n) is 12.8. The number of rotatable bonds is 3. The van der Waals surface area contributed by atoms with Crippen LogP contribution in [0.4, 0.5) is 0 Å². The molecule has 0 bridgehead atoms. The monoisotopic (exact) mass is 488 g/mol. The number of aliphatic hydroxyl groups excluding tert-OH is 1. The van der Waals surface area contributed by atoms with Gasteiger partial charge in [0.15, 0.2) is 5.78 Å². The molecule has 0 saturated heterocycles. The zero-order chi connectivity index (χ0) is 26.3. The maximum absolute atomic E-state index is 12.1. The molecule has 1 aromatic carbocycles. The number of hydrogen-bond acceptors (Lipinski definition) is 3. The highest BCUT2D eigenvalue weighted by Gasteiger charge is 2.56. The van der Waals surface area contributed by atoms with E-state index in [-0.39, 0.29) is 28.8 Å². The Bertz CT molecular complexity index is 1080. The molecule has 5 atom stereocenters. The van der Waals surface area contributed by atoms with Crippen LogP contribution < -0.4 is 4.74 Å². The fraction of sp³-hybridized carbons (Fsp3) is 0.606. The molecule has 194 valence electrons.